The van der Waals surface area contributed by atoms with Gasteiger partial charge in [-0.15, -0.1) is 0 Å². The highest BCUT2D eigenvalue weighted by molar-refractivity contribution is 5.70. The molecule has 1 unspecified atom stereocenters. The Hall–Kier alpha value is -1.71. The topological polar surface area (TPSA) is 43.8 Å². The monoisotopic (exact) mass is 304 g/mol. The summed E-state index contributed by atoms with van der Waals surface area (Å²) in [4.78, 5) is 15.8. The summed E-state index contributed by atoms with van der Waals surface area (Å²) < 4.78 is 0. The lowest BCUT2D eigenvalue weighted by atomic mass is 10.1. The molecule has 2 rings (SSSR count). The van der Waals surface area contributed by atoms with Gasteiger partial charge in [0.15, 0.2) is 0 Å². The van der Waals surface area contributed by atoms with Crippen molar-refractivity contribution in [3.63, 3.8) is 0 Å². The molecule has 0 amide bonds. The van der Waals surface area contributed by atoms with Crippen molar-refractivity contribution in [1.29, 1.82) is 0 Å². The van der Waals surface area contributed by atoms with E-state index >= 15 is 0 Å². The van der Waals surface area contributed by atoms with E-state index in [0.29, 0.717) is 6.54 Å². The van der Waals surface area contributed by atoms with Crippen LogP contribution in [0.4, 0.5) is 11.4 Å². The SMILES string of the molecule is CCCCN(CC(C)C(=O)O)c1ccc(N2CCCC2)cc1. The van der Waals surface area contributed by atoms with Crippen LogP contribution in [0, 0.1) is 5.92 Å². The van der Waals surface area contributed by atoms with E-state index in [1.165, 1.54) is 18.5 Å². The number of aliphatic carboxylic acids is 1. The Morgan fingerprint density at radius 1 is 1.27 bits per heavy atom. The van der Waals surface area contributed by atoms with E-state index in [1.54, 1.807) is 6.92 Å². The Balaban J connectivity index is 2.06. The van der Waals surface area contributed by atoms with Crippen molar-refractivity contribution in [2.75, 3.05) is 36.0 Å². The Morgan fingerprint density at radius 3 is 2.45 bits per heavy atom. The van der Waals surface area contributed by atoms with Crippen molar-refractivity contribution < 1.29 is 9.90 Å². The first kappa shape index (κ1) is 16.7. The standard InChI is InChI=1S/C18H28N2O2/c1-3-4-11-20(14-15(2)18(21)22)17-9-7-16(8-10-17)19-12-5-6-13-19/h7-10,15H,3-6,11-14H2,1-2H3,(H,21,22). The number of rotatable bonds is 8. The van der Waals surface area contributed by atoms with Gasteiger partial charge >= 0.3 is 5.97 Å². The molecule has 0 bridgehead atoms. The number of hydrogen-bond donors (Lipinski definition) is 1. The van der Waals surface area contributed by atoms with E-state index in [9.17, 15) is 4.79 Å². The van der Waals surface area contributed by atoms with Gasteiger partial charge < -0.3 is 14.9 Å². The van der Waals surface area contributed by atoms with Crippen LogP contribution in [0.3, 0.4) is 0 Å². The quantitative estimate of drug-likeness (QED) is 0.797. The number of carboxylic acid groups (broad SMARTS) is 1. The fourth-order valence-electron chi connectivity index (χ4n) is 2.93. The predicted molar refractivity (Wildman–Crippen MR) is 91.8 cm³/mol. The molecule has 1 aromatic rings. The van der Waals surface area contributed by atoms with Crippen molar-refractivity contribution in [3.05, 3.63) is 24.3 Å². The van der Waals surface area contributed by atoms with Gasteiger partial charge in [0.1, 0.15) is 0 Å². The molecule has 0 radical (unpaired) electrons. The molecule has 1 fully saturated rings. The summed E-state index contributed by atoms with van der Waals surface area (Å²) in [6, 6.07) is 8.62. The van der Waals surface area contributed by atoms with Crippen molar-refractivity contribution in [2.45, 2.75) is 39.5 Å². The fourth-order valence-corrected chi connectivity index (χ4v) is 2.93. The van der Waals surface area contributed by atoms with Gasteiger partial charge in [-0.3, -0.25) is 4.79 Å². The van der Waals surface area contributed by atoms with Crippen LogP contribution in [-0.2, 0) is 4.79 Å². The smallest absolute Gasteiger partial charge is 0.308 e. The molecule has 22 heavy (non-hydrogen) atoms. The molecule has 1 aliphatic rings. The molecule has 122 valence electrons. The van der Waals surface area contributed by atoms with Crippen LogP contribution < -0.4 is 9.80 Å². The third kappa shape index (κ3) is 4.39. The Bertz CT molecular complexity index is 466. The maximum absolute atomic E-state index is 11.1. The van der Waals surface area contributed by atoms with E-state index < -0.39 is 5.97 Å². The summed E-state index contributed by atoms with van der Waals surface area (Å²) in [5.74, 6) is -1.08. The van der Waals surface area contributed by atoms with E-state index in [0.717, 1.165) is 38.2 Å². The molecule has 4 nitrogen and oxygen atoms in total. The van der Waals surface area contributed by atoms with Gasteiger partial charge in [0.25, 0.3) is 0 Å². The number of hydrogen-bond acceptors (Lipinski definition) is 3. The van der Waals surface area contributed by atoms with Crippen LogP contribution in [-0.4, -0.2) is 37.3 Å². The Kier molecular flexibility index (Phi) is 6.10. The minimum atomic E-state index is -0.727. The normalized spacial score (nSPS) is 15.8. The van der Waals surface area contributed by atoms with Gasteiger partial charge in [-0.2, -0.15) is 0 Å². The van der Waals surface area contributed by atoms with Gasteiger partial charge in [0, 0.05) is 37.6 Å². The third-order valence-corrected chi connectivity index (χ3v) is 4.38. The largest absolute Gasteiger partial charge is 0.481 e. The summed E-state index contributed by atoms with van der Waals surface area (Å²) in [5.41, 5.74) is 2.41. The zero-order valence-corrected chi connectivity index (χ0v) is 13.8. The minimum Gasteiger partial charge on any atom is -0.481 e. The summed E-state index contributed by atoms with van der Waals surface area (Å²) in [7, 11) is 0. The lowest BCUT2D eigenvalue weighted by Gasteiger charge is -2.27. The van der Waals surface area contributed by atoms with Crippen molar-refractivity contribution >= 4 is 17.3 Å². The average molecular weight is 304 g/mol. The van der Waals surface area contributed by atoms with Crippen LogP contribution in [0.15, 0.2) is 24.3 Å². The molecule has 1 N–H and O–H groups in total. The number of carbonyl (C=O) groups is 1. The van der Waals surface area contributed by atoms with Gasteiger partial charge in [-0.1, -0.05) is 20.3 Å². The van der Waals surface area contributed by atoms with Crippen molar-refractivity contribution in [2.24, 2.45) is 5.92 Å². The first-order valence-corrected chi connectivity index (χ1v) is 8.44. The van der Waals surface area contributed by atoms with Gasteiger partial charge in [-0.05, 0) is 43.5 Å². The molecule has 0 aromatic heterocycles. The molecule has 0 saturated carbocycles. The number of anilines is 2. The predicted octanol–water partition coefficient (Wildman–Crippen LogP) is 3.61. The molecule has 4 heteroatoms. The van der Waals surface area contributed by atoms with Crippen molar-refractivity contribution in [3.8, 4) is 0 Å². The van der Waals surface area contributed by atoms with E-state index in [4.69, 9.17) is 5.11 Å². The maximum Gasteiger partial charge on any atom is 0.308 e. The molecule has 1 aliphatic heterocycles. The summed E-state index contributed by atoms with van der Waals surface area (Å²) in [6.45, 7) is 7.72. The highest BCUT2D eigenvalue weighted by Gasteiger charge is 2.17. The van der Waals surface area contributed by atoms with Crippen LogP contribution in [0.25, 0.3) is 0 Å². The van der Waals surface area contributed by atoms with E-state index in [1.807, 2.05) is 0 Å². The molecule has 0 aliphatic carbocycles. The molecule has 0 spiro atoms. The van der Waals surface area contributed by atoms with Crippen LogP contribution >= 0.6 is 0 Å². The third-order valence-electron chi connectivity index (χ3n) is 4.38. The molecular formula is C18H28N2O2. The van der Waals surface area contributed by atoms with Crippen LogP contribution in [0.2, 0.25) is 0 Å². The van der Waals surface area contributed by atoms with Crippen LogP contribution in [0.1, 0.15) is 39.5 Å². The zero-order chi connectivity index (χ0) is 15.9. The summed E-state index contributed by atoms with van der Waals surface area (Å²) >= 11 is 0. The number of benzene rings is 1. The lowest BCUT2D eigenvalue weighted by molar-refractivity contribution is -0.140. The summed E-state index contributed by atoms with van der Waals surface area (Å²) in [5, 5.41) is 9.16. The lowest BCUT2D eigenvalue weighted by Crippen LogP contribution is -2.32. The van der Waals surface area contributed by atoms with E-state index in [-0.39, 0.29) is 5.92 Å². The minimum absolute atomic E-state index is 0.352. The zero-order valence-electron chi connectivity index (χ0n) is 13.8. The van der Waals surface area contributed by atoms with Gasteiger partial charge in [0.05, 0.1) is 5.92 Å². The molecule has 1 atom stereocenters. The van der Waals surface area contributed by atoms with Crippen LogP contribution in [0.5, 0.6) is 0 Å². The van der Waals surface area contributed by atoms with Crippen molar-refractivity contribution in [1.82, 2.24) is 0 Å². The molecular weight excluding hydrogens is 276 g/mol. The second-order valence-corrected chi connectivity index (χ2v) is 6.25. The summed E-state index contributed by atoms with van der Waals surface area (Å²) in [6.07, 6.45) is 4.75. The Morgan fingerprint density at radius 2 is 1.91 bits per heavy atom. The number of nitrogens with zero attached hydrogens (tertiary/aromatic N) is 2. The second-order valence-electron chi connectivity index (χ2n) is 6.25. The molecule has 1 aromatic carbocycles. The first-order valence-electron chi connectivity index (χ1n) is 8.44. The van der Waals surface area contributed by atoms with Gasteiger partial charge in [0.2, 0.25) is 0 Å². The highest BCUT2D eigenvalue weighted by Crippen LogP contribution is 2.24. The van der Waals surface area contributed by atoms with E-state index in [2.05, 4.69) is 41.0 Å². The maximum atomic E-state index is 11.1. The second kappa shape index (κ2) is 8.06. The van der Waals surface area contributed by atoms with Gasteiger partial charge in [-0.25, -0.2) is 0 Å². The Labute approximate surface area is 133 Å². The fraction of sp³-hybridized carbons (Fsp3) is 0.611. The highest BCUT2D eigenvalue weighted by atomic mass is 16.4. The molecule has 1 saturated heterocycles. The number of carboxylic acids is 1. The molecule has 1 heterocycles. The number of unbranched alkanes of at least 4 members (excludes halogenated alkanes) is 1. The average Bonchev–Trinajstić information content (AvgIpc) is 3.05. The first-order chi connectivity index (χ1) is 10.6.